The van der Waals surface area contributed by atoms with E-state index in [1.165, 1.54) is 0 Å². The third-order valence-electron chi connectivity index (χ3n) is 2.71. The van der Waals surface area contributed by atoms with E-state index in [1.54, 1.807) is 6.07 Å². The molecule has 0 saturated carbocycles. The molecule has 1 unspecified atom stereocenters. The highest BCUT2D eigenvalue weighted by atomic mass is 35.5. The summed E-state index contributed by atoms with van der Waals surface area (Å²) in [7, 11) is 0. The molecule has 0 aliphatic heterocycles. The van der Waals surface area contributed by atoms with Gasteiger partial charge in [-0.2, -0.15) is 0 Å². The molecule has 0 aliphatic carbocycles. The van der Waals surface area contributed by atoms with E-state index in [9.17, 15) is 0 Å². The molecule has 1 aromatic rings. The molecule has 0 amide bonds. The van der Waals surface area contributed by atoms with Crippen molar-refractivity contribution < 1.29 is 4.74 Å². The Hall–Kier alpha value is -0.280. The van der Waals surface area contributed by atoms with Crippen LogP contribution in [0, 0.1) is 0 Å². The van der Waals surface area contributed by atoms with Gasteiger partial charge in [-0.25, -0.2) is 0 Å². The maximum absolute atomic E-state index is 6.23. The predicted molar refractivity (Wildman–Crippen MR) is 83.3 cm³/mol. The van der Waals surface area contributed by atoms with E-state index >= 15 is 0 Å². The summed E-state index contributed by atoms with van der Waals surface area (Å²) in [6.07, 6.45) is 0.809. The van der Waals surface area contributed by atoms with Gasteiger partial charge < -0.3 is 10.1 Å². The van der Waals surface area contributed by atoms with Crippen LogP contribution in [0.5, 0.6) is 0 Å². The number of nitrogens with one attached hydrogen (secondary N) is 1. The highest BCUT2D eigenvalue weighted by Crippen LogP contribution is 2.26. The molecule has 0 spiro atoms. The number of rotatable bonds is 6. The van der Waals surface area contributed by atoms with Crippen LogP contribution < -0.4 is 5.32 Å². The molecule has 0 bridgehead atoms. The first kappa shape index (κ1) is 16.8. The lowest BCUT2D eigenvalue weighted by atomic mass is 10.1. The minimum atomic E-state index is -0.133. The second-order valence-electron chi connectivity index (χ2n) is 5.60. The summed E-state index contributed by atoms with van der Waals surface area (Å²) in [4.78, 5) is 0. The van der Waals surface area contributed by atoms with Crippen molar-refractivity contribution in [3.8, 4) is 0 Å². The fourth-order valence-electron chi connectivity index (χ4n) is 1.80. The summed E-state index contributed by atoms with van der Waals surface area (Å²) in [5, 5.41) is 4.67. The molecule has 2 nitrogen and oxygen atoms in total. The topological polar surface area (TPSA) is 21.3 Å². The maximum Gasteiger partial charge on any atom is 0.0629 e. The van der Waals surface area contributed by atoms with Crippen LogP contribution >= 0.6 is 23.2 Å². The lowest BCUT2D eigenvalue weighted by Gasteiger charge is -2.25. The minimum absolute atomic E-state index is 0.133. The zero-order chi connectivity index (χ0) is 14.5. The van der Waals surface area contributed by atoms with E-state index < -0.39 is 0 Å². The fourth-order valence-corrected chi connectivity index (χ4v) is 2.20. The maximum atomic E-state index is 6.23. The summed E-state index contributed by atoms with van der Waals surface area (Å²) in [6, 6.07) is 5.98. The summed E-state index contributed by atoms with van der Waals surface area (Å²) >= 11 is 12.3. The van der Waals surface area contributed by atoms with Gasteiger partial charge in [-0.15, -0.1) is 0 Å². The largest absolute Gasteiger partial charge is 0.374 e. The molecular weight excluding hydrogens is 281 g/mol. The monoisotopic (exact) mass is 303 g/mol. The molecule has 0 heterocycles. The van der Waals surface area contributed by atoms with Gasteiger partial charge in [-0.1, -0.05) is 42.3 Å². The smallest absolute Gasteiger partial charge is 0.0629 e. The second-order valence-corrected chi connectivity index (χ2v) is 6.38. The van der Waals surface area contributed by atoms with Crippen molar-refractivity contribution in [2.45, 2.75) is 45.8 Å². The first-order valence-corrected chi connectivity index (χ1v) is 7.39. The number of hydrogen-bond donors (Lipinski definition) is 1. The minimum Gasteiger partial charge on any atom is -0.374 e. The molecule has 108 valence electrons. The fraction of sp³-hybridized carbons (Fsp3) is 0.600. The standard InChI is InChI=1S/C15H23Cl2NO/c1-5-18-12(10-19-15(2,3)4)9-11-7-6-8-13(16)14(11)17/h6-8,12,18H,5,9-10H2,1-4H3. The van der Waals surface area contributed by atoms with E-state index in [4.69, 9.17) is 27.9 Å². The van der Waals surface area contributed by atoms with Crippen molar-refractivity contribution in [2.75, 3.05) is 13.2 Å². The van der Waals surface area contributed by atoms with Gasteiger partial charge in [-0.3, -0.25) is 0 Å². The van der Waals surface area contributed by atoms with Gasteiger partial charge in [0.15, 0.2) is 0 Å². The van der Waals surface area contributed by atoms with Crippen LogP contribution in [0.3, 0.4) is 0 Å². The van der Waals surface area contributed by atoms with E-state index in [0.717, 1.165) is 18.5 Å². The van der Waals surface area contributed by atoms with Crippen molar-refractivity contribution in [3.05, 3.63) is 33.8 Å². The molecular formula is C15H23Cl2NO. The van der Waals surface area contributed by atoms with Gasteiger partial charge in [0.1, 0.15) is 0 Å². The Morgan fingerprint density at radius 1 is 1.26 bits per heavy atom. The first-order valence-electron chi connectivity index (χ1n) is 6.63. The molecule has 1 rings (SSSR count). The molecule has 1 atom stereocenters. The van der Waals surface area contributed by atoms with E-state index in [0.29, 0.717) is 16.7 Å². The summed E-state index contributed by atoms with van der Waals surface area (Å²) in [6.45, 7) is 9.81. The Bertz CT molecular complexity index is 402. The molecule has 0 aromatic heterocycles. The van der Waals surface area contributed by atoms with Gasteiger partial charge in [0.2, 0.25) is 0 Å². The van der Waals surface area contributed by atoms with Crippen LogP contribution in [0.25, 0.3) is 0 Å². The summed E-state index contributed by atoms with van der Waals surface area (Å²) in [5.41, 5.74) is 0.920. The number of likely N-dealkylation sites (N-methyl/N-ethyl adjacent to an activating group) is 1. The number of ether oxygens (including phenoxy) is 1. The van der Waals surface area contributed by atoms with Gasteiger partial charge in [-0.05, 0) is 45.4 Å². The van der Waals surface area contributed by atoms with Crippen molar-refractivity contribution in [1.82, 2.24) is 5.32 Å². The molecule has 4 heteroatoms. The molecule has 1 N–H and O–H groups in total. The molecule has 1 aromatic carbocycles. The van der Waals surface area contributed by atoms with Crippen LogP contribution in [0.2, 0.25) is 10.0 Å². The lowest BCUT2D eigenvalue weighted by molar-refractivity contribution is -0.0141. The van der Waals surface area contributed by atoms with Crippen LogP contribution in [-0.2, 0) is 11.2 Å². The van der Waals surface area contributed by atoms with E-state index in [-0.39, 0.29) is 11.6 Å². The Morgan fingerprint density at radius 2 is 1.95 bits per heavy atom. The van der Waals surface area contributed by atoms with Crippen LogP contribution in [0.15, 0.2) is 18.2 Å². The third-order valence-corrected chi connectivity index (χ3v) is 3.57. The van der Waals surface area contributed by atoms with Crippen molar-refractivity contribution in [3.63, 3.8) is 0 Å². The predicted octanol–water partition coefficient (Wildman–Crippen LogP) is 4.33. The molecule has 0 saturated heterocycles. The molecule has 0 fully saturated rings. The van der Waals surface area contributed by atoms with Gasteiger partial charge in [0, 0.05) is 6.04 Å². The van der Waals surface area contributed by atoms with Gasteiger partial charge in [0.25, 0.3) is 0 Å². The highest BCUT2D eigenvalue weighted by molar-refractivity contribution is 6.42. The van der Waals surface area contributed by atoms with Crippen LogP contribution in [-0.4, -0.2) is 24.8 Å². The van der Waals surface area contributed by atoms with Gasteiger partial charge >= 0.3 is 0 Å². The molecule has 19 heavy (non-hydrogen) atoms. The van der Waals surface area contributed by atoms with Crippen molar-refractivity contribution >= 4 is 23.2 Å². The van der Waals surface area contributed by atoms with E-state index in [2.05, 4.69) is 33.0 Å². The first-order chi connectivity index (χ1) is 8.83. The van der Waals surface area contributed by atoms with Gasteiger partial charge in [0.05, 0.1) is 22.3 Å². The highest BCUT2D eigenvalue weighted by Gasteiger charge is 2.16. The molecule has 0 radical (unpaired) electrons. The Morgan fingerprint density at radius 3 is 2.53 bits per heavy atom. The van der Waals surface area contributed by atoms with Crippen LogP contribution in [0.4, 0.5) is 0 Å². The zero-order valence-corrected chi connectivity index (χ0v) is 13.6. The lowest BCUT2D eigenvalue weighted by Crippen LogP contribution is -2.38. The Kier molecular flexibility index (Phi) is 6.61. The van der Waals surface area contributed by atoms with Crippen LogP contribution in [0.1, 0.15) is 33.3 Å². The number of halogens is 2. The SMILES string of the molecule is CCNC(COC(C)(C)C)Cc1cccc(Cl)c1Cl. The normalized spacial score (nSPS) is 13.6. The average Bonchev–Trinajstić information content (AvgIpc) is 2.31. The Balaban J connectivity index is 2.70. The van der Waals surface area contributed by atoms with Crippen molar-refractivity contribution in [2.24, 2.45) is 0 Å². The molecule has 0 aliphatic rings. The second kappa shape index (κ2) is 7.49. The quantitative estimate of drug-likeness (QED) is 0.844. The summed E-state index contributed by atoms with van der Waals surface area (Å²) < 4.78 is 5.85. The summed E-state index contributed by atoms with van der Waals surface area (Å²) in [5.74, 6) is 0. The zero-order valence-electron chi connectivity index (χ0n) is 12.1. The Labute approximate surface area is 126 Å². The average molecular weight is 304 g/mol. The number of benzene rings is 1. The van der Waals surface area contributed by atoms with Crippen molar-refractivity contribution in [1.29, 1.82) is 0 Å². The number of hydrogen-bond acceptors (Lipinski definition) is 2. The third kappa shape index (κ3) is 6.13. The van der Waals surface area contributed by atoms with E-state index in [1.807, 2.05) is 12.1 Å².